The second-order valence-corrected chi connectivity index (χ2v) is 8.41. The van der Waals surface area contributed by atoms with Crippen LogP contribution in [0.2, 0.25) is 5.02 Å². The summed E-state index contributed by atoms with van der Waals surface area (Å²) in [6, 6.07) is 12.4. The molecule has 3 rings (SSSR count). The smallest absolute Gasteiger partial charge is 0.251 e. The first kappa shape index (κ1) is 20.5. The molecule has 0 saturated heterocycles. The number of carbonyl (C=O) groups is 1. The van der Waals surface area contributed by atoms with Gasteiger partial charge in [0.15, 0.2) is 0 Å². The molecule has 8 heteroatoms. The lowest BCUT2D eigenvalue weighted by molar-refractivity contribution is -0.120. The zero-order chi connectivity index (χ0) is 20.3. The molecule has 1 heterocycles. The second-order valence-electron chi connectivity index (χ2n) is 6.14. The molecule has 144 valence electrons. The van der Waals surface area contributed by atoms with Crippen LogP contribution in [0.4, 0.5) is 4.39 Å². The van der Waals surface area contributed by atoms with Gasteiger partial charge in [0.2, 0.25) is 5.91 Å². The SMILES string of the molecule is CC(I)C(=O)NCc1ccc(Cl)c(-c2nc(-c3cccc(F)c3)cc(=O)[nH]2)c1. The number of amides is 1. The van der Waals surface area contributed by atoms with Gasteiger partial charge in [0, 0.05) is 23.7 Å². The Morgan fingerprint density at radius 1 is 1.29 bits per heavy atom. The van der Waals surface area contributed by atoms with Gasteiger partial charge in [0.25, 0.3) is 5.56 Å². The van der Waals surface area contributed by atoms with Gasteiger partial charge in [-0.05, 0) is 36.8 Å². The zero-order valence-electron chi connectivity index (χ0n) is 14.8. The molecular weight excluding hydrogens is 496 g/mol. The van der Waals surface area contributed by atoms with E-state index in [2.05, 4.69) is 15.3 Å². The highest BCUT2D eigenvalue weighted by Gasteiger charge is 2.12. The molecule has 0 aliphatic carbocycles. The van der Waals surface area contributed by atoms with Gasteiger partial charge in [-0.2, -0.15) is 0 Å². The largest absolute Gasteiger partial charge is 0.351 e. The molecule has 3 aromatic rings. The average Bonchev–Trinajstić information content (AvgIpc) is 2.66. The molecule has 0 bridgehead atoms. The fraction of sp³-hybridized carbons (Fsp3) is 0.150. The van der Waals surface area contributed by atoms with Crippen molar-refractivity contribution in [3.8, 4) is 22.6 Å². The Labute approximate surface area is 179 Å². The van der Waals surface area contributed by atoms with Crippen LogP contribution in [0.25, 0.3) is 22.6 Å². The van der Waals surface area contributed by atoms with Crippen LogP contribution in [0.15, 0.2) is 53.3 Å². The number of H-pyrrole nitrogens is 1. The predicted molar refractivity (Wildman–Crippen MR) is 116 cm³/mol. The number of carbonyl (C=O) groups excluding carboxylic acids is 1. The number of hydrogen-bond donors (Lipinski definition) is 2. The summed E-state index contributed by atoms with van der Waals surface area (Å²) in [5.74, 6) is -0.217. The lowest BCUT2D eigenvalue weighted by Crippen LogP contribution is -2.28. The van der Waals surface area contributed by atoms with Gasteiger partial charge in [-0.25, -0.2) is 9.37 Å². The molecule has 1 atom stereocenters. The minimum Gasteiger partial charge on any atom is -0.351 e. The maximum Gasteiger partial charge on any atom is 0.251 e. The van der Waals surface area contributed by atoms with Crippen LogP contribution in [-0.2, 0) is 11.3 Å². The van der Waals surface area contributed by atoms with Gasteiger partial charge in [-0.1, -0.05) is 52.4 Å². The maximum atomic E-state index is 13.5. The number of nitrogens with one attached hydrogen (secondary N) is 2. The van der Waals surface area contributed by atoms with Crippen LogP contribution in [0.3, 0.4) is 0 Å². The van der Waals surface area contributed by atoms with E-state index in [1.165, 1.54) is 18.2 Å². The van der Waals surface area contributed by atoms with Crippen LogP contribution in [0, 0.1) is 5.82 Å². The third kappa shape index (κ3) is 4.96. The molecule has 5 nitrogen and oxygen atoms in total. The third-order valence-electron chi connectivity index (χ3n) is 3.98. The standard InChI is InChI=1S/C20H16ClFIN3O2/c1-11(23)20(28)24-10-12-5-6-16(21)15(7-12)19-25-17(9-18(27)26-19)13-3-2-4-14(22)8-13/h2-9,11H,10H2,1H3,(H,24,28)(H,25,26,27). The predicted octanol–water partition coefficient (Wildman–Crippen LogP) is 4.34. The van der Waals surface area contributed by atoms with Crippen molar-refractivity contribution in [1.29, 1.82) is 0 Å². The van der Waals surface area contributed by atoms with Crippen LogP contribution in [-0.4, -0.2) is 19.8 Å². The van der Waals surface area contributed by atoms with E-state index in [1.807, 2.05) is 22.6 Å². The summed E-state index contributed by atoms with van der Waals surface area (Å²) in [6.45, 7) is 2.12. The van der Waals surface area contributed by atoms with E-state index in [0.29, 0.717) is 28.4 Å². The van der Waals surface area contributed by atoms with Gasteiger partial charge in [0.05, 0.1) is 14.6 Å². The number of aromatic nitrogens is 2. The number of alkyl halides is 1. The first-order valence-electron chi connectivity index (χ1n) is 8.41. The number of halogens is 3. The van der Waals surface area contributed by atoms with E-state index in [9.17, 15) is 14.0 Å². The van der Waals surface area contributed by atoms with E-state index < -0.39 is 5.82 Å². The van der Waals surface area contributed by atoms with Gasteiger partial charge in [-0.3, -0.25) is 9.59 Å². The number of aromatic amines is 1. The van der Waals surface area contributed by atoms with Crippen molar-refractivity contribution in [1.82, 2.24) is 15.3 Å². The Hall–Kier alpha value is -2.26. The molecule has 0 aliphatic rings. The van der Waals surface area contributed by atoms with E-state index in [4.69, 9.17) is 11.6 Å². The third-order valence-corrected chi connectivity index (χ3v) is 4.87. The number of benzene rings is 2. The fourth-order valence-corrected chi connectivity index (χ4v) is 3.00. The molecule has 2 N–H and O–H groups in total. The summed E-state index contributed by atoms with van der Waals surface area (Å²) < 4.78 is 13.4. The van der Waals surface area contributed by atoms with E-state index >= 15 is 0 Å². The number of nitrogens with zero attached hydrogens (tertiary/aromatic N) is 1. The summed E-state index contributed by atoms with van der Waals surface area (Å²) >= 11 is 8.35. The molecule has 1 aromatic heterocycles. The quantitative estimate of drug-likeness (QED) is 0.395. The van der Waals surface area contributed by atoms with Crippen molar-refractivity contribution < 1.29 is 9.18 Å². The van der Waals surface area contributed by atoms with Crippen LogP contribution >= 0.6 is 34.2 Å². The van der Waals surface area contributed by atoms with Crippen LogP contribution in [0.5, 0.6) is 0 Å². The monoisotopic (exact) mass is 511 g/mol. The number of hydrogen-bond acceptors (Lipinski definition) is 3. The summed E-state index contributed by atoms with van der Waals surface area (Å²) in [5, 5.41) is 3.23. The van der Waals surface area contributed by atoms with Gasteiger partial charge < -0.3 is 10.3 Å². The summed E-state index contributed by atoms with van der Waals surface area (Å²) in [7, 11) is 0. The van der Waals surface area contributed by atoms with Gasteiger partial charge in [-0.15, -0.1) is 0 Å². The van der Waals surface area contributed by atoms with E-state index in [-0.39, 0.29) is 21.2 Å². The maximum absolute atomic E-state index is 13.5. The minimum atomic E-state index is -0.415. The summed E-state index contributed by atoms with van der Waals surface area (Å²) in [4.78, 5) is 31.0. The normalized spacial score (nSPS) is 11.9. The summed E-state index contributed by atoms with van der Waals surface area (Å²) in [5.41, 5.74) is 1.78. The summed E-state index contributed by atoms with van der Waals surface area (Å²) in [6.07, 6.45) is 0. The van der Waals surface area contributed by atoms with Crippen molar-refractivity contribution >= 4 is 40.1 Å². The topological polar surface area (TPSA) is 74.8 Å². The molecule has 1 amide bonds. The molecule has 2 aromatic carbocycles. The highest BCUT2D eigenvalue weighted by molar-refractivity contribution is 14.1. The van der Waals surface area contributed by atoms with Gasteiger partial charge >= 0.3 is 0 Å². The Morgan fingerprint density at radius 2 is 2.07 bits per heavy atom. The van der Waals surface area contributed by atoms with Crippen molar-refractivity contribution in [3.05, 3.63) is 75.3 Å². The lowest BCUT2D eigenvalue weighted by Gasteiger charge is -2.10. The van der Waals surface area contributed by atoms with E-state index in [0.717, 1.165) is 5.56 Å². The second kappa shape index (κ2) is 8.83. The Morgan fingerprint density at radius 3 is 2.79 bits per heavy atom. The Bertz CT molecular complexity index is 1090. The van der Waals surface area contributed by atoms with Gasteiger partial charge in [0.1, 0.15) is 11.6 Å². The molecule has 0 spiro atoms. The Kier molecular flexibility index (Phi) is 6.46. The van der Waals surface area contributed by atoms with Crippen molar-refractivity contribution in [2.24, 2.45) is 0 Å². The minimum absolute atomic E-state index is 0.0725. The first-order chi connectivity index (χ1) is 13.3. The zero-order valence-corrected chi connectivity index (χ0v) is 17.7. The molecule has 28 heavy (non-hydrogen) atoms. The lowest BCUT2D eigenvalue weighted by atomic mass is 10.1. The fourth-order valence-electron chi connectivity index (χ4n) is 2.57. The molecular formula is C20H16ClFIN3O2. The highest BCUT2D eigenvalue weighted by Crippen LogP contribution is 2.27. The van der Waals surface area contributed by atoms with Crippen molar-refractivity contribution in [2.75, 3.05) is 0 Å². The van der Waals surface area contributed by atoms with Crippen LogP contribution in [0.1, 0.15) is 12.5 Å². The Balaban J connectivity index is 1.98. The van der Waals surface area contributed by atoms with Crippen molar-refractivity contribution in [2.45, 2.75) is 17.4 Å². The van der Waals surface area contributed by atoms with Crippen molar-refractivity contribution in [3.63, 3.8) is 0 Å². The molecule has 0 saturated carbocycles. The molecule has 0 aliphatic heterocycles. The number of rotatable bonds is 5. The average molecular weight is 512 g/mol. The first-order valence-corrected chi connectivity index (χ1v) is 10.0. The van der Waals surface area contributed by atoms with Crippen LogP contribution < -0.4 is 10.9 Å². The molecule has 0 fully saturated rings. The molecule has 1 unspecified atom stereocenters. The molecule has 0 radical (unpaired) electrons. The van der Waals surface area contributed by atoms with E-state index in [1.54, 1.807) is 37.3 Å². The highest BCUT2D eigenvalue weighted by atomic mass is 127.